The van der Waals surface area contributed by atoms with Crippen LogP contribution >= 0.6 is 0 Å². The SMILES string of the molecule is COC1CCCN(CCCOC2CCNCC2)C1. The summed E-state index contributed by atoms with van der Waals surface area (Å²) in [5.41, 5.74) is 0. The highest BCUT2D eigenvalue weighted by molar-refractivity contribution is 4.73. The molecule has 2 aliphatic heterocycles. The zero-order valence-corrected chi connectivity index (χ0v) is 11.7. The molecule has 0 aromatic heterocycles. The first-order valence-electron chi connectivity index (χ1n) is 7.46. The molecule has 2 rings (SSSR count). The minimum absolute atomic E-state index is 0.448. The van der Waals surface area contributed by atoms with Gasteiger partial charge in [0.2, 0.25) is 0 Å². The van der Waals surface area contributed by atoms with Crippen LogP contribution in [0.2, 0.25) is 0 Å². The monoisotopic (exact) mass is 256 g/mol. The molecule has 106 valence electrons. The third-order valence-corrected chi connectivity index (χ3v) is 4.05. The molecule has 0 amide bonds. The van der Waals surface area contributed by atoms with Crippen molar-refractivity contribution in [3.63, 3.8) is 0 Å². The number of methoxy groups -OCH3 is 1. The Kier molecular flexibility index (Phi) is 6.41. The van der Waals surface area contributed by atoms with Crippen molar-refractivity contribution in [1.82, 2.24) is 10.2 Å². The quantitative estimate of drug-likeness (QED) is 0.725. The van der Waals surface area contributed by atoms with E-state index in [0.29, 0.717) is 12.2 Å². The maximum Gasteiger partial charge on any atom is 0.0698 e. The summed E-state index contributed by atoms with van der Waals surface area (Å²) in [5, 5.41) is 3.37. The Morgan fingerprint density at radius 1 is 1.17 bits per heavy atom. The predicted molar refractivity (Wildman–Crippen MR) is 72.9 cm³/mol. The van der Waals surface area contributed by atoms with Crippen LogP contribution in [-0.4, -0.2) is 63.5 Å². The first-order chi connectivity index (χ1) is 8.88. The average molecular weight is 256 g/mol. The molecule has 1 N–H and O–H groups in total. The van der Waals surface area contributed by atoms with Crippen molar-refractivity contribution in [1.29, 1.82) is 0 Å². The lowest BCUT2D eigenvalue weighted by molar-refractivity contribution is 0.0118. The molecule has 0 aromatic rings. The number of nitrogens with one attached hydrogen (secondary N) is 1. The number of hydrogen-bond donors (Lipinski definition) is 1. The van der Waals surface area contributed by atoms with E-state index in [0.717, 1.165) is 39.2 Å². The fraction of sp³-hybridized carbons (Fsp3) is 1.00. The lowest BCUT2D eigenvalue weighted by Crippen LogP contribution is -2.40. The Morgan fingerprint density at radius 2 is 2.00 bits per heavy atom. The summed E-state index contributed by atoms with van der Waals surface area (Å²) in [6.07, 6.45) is 6.95. The molecule has 0 bridgehead atoms. The molecule has 2 saturated heterocycles. The molecule has 0 saturated carbocycles. The lowest BCUT2D eigenvalue weighted by Gasteiger charge is -2.32. The maximum atomic E-state index is 5.93. The largest absolute Gasteiger partial charge is 0.380 e. The van der Waals surface area contributed by atoms with Gasteiger partial charge >= 0.3 is 0 Å². The third-order valence-electron chi connectivity index (χ3n) is 4.05. The summed E-state index contributed by atoms with van der Waals surface area (Å²) in [6, 6.07) is 0. The smallest absolute Gasteiger partial charge is 0.0698 e. The molecule has 2 heterocycles. The van der Waals surface area contributed by atoms with E-state index in [1.54, 1.807) is 0 Å². The Morgan fingerprint density at radius 3 is 2.78 bits per heavy atom. The molecule has 4 heteroatoms. The molecule has 0 radical (unpaired) electrons. The molecule has 1 unspecified atom stereocenters. The highest BCUT2D eigenvalue weighted by Crippen LogP contribution is 2.13. The average Bonchev–Trinajstić information content (AvgIpc) is 2.45. The van der Waals surface area contributed by atoms with Gasteiger partial charge in [0.15, 0.2) is 0 Å². The molecule has 2 aliphatic rings. The number of ether oxygens (including phenoxy) is 2. The first-order valence-corrected chi connectivity index (χ1v) is 7.46. The van der Waals surface area contributed by atoms with Gasteiger partial charge in [0, 0.05) is 26.8 Å². The normalized spacial score (nSPS) is 27.5. The Labute approximate surface area is 111 Å². The summed E-state index contributed by atoms with van der Waals surface area (Å²) >= 11 is 0. The van der Waals surface area contributed by atoms with E-state index in [4.69, 9.17) is 9.47 Å². The summed E-state index contributed by atoms with van der Waals surface area (Å²) in [5.74, 6) is 0. The van der Waals surface area contributed by atoms with E-state index in [-0.39, 0.29) is 0 Å². The molecule has 0 aromatic carbocycles. The Balaban J connectivity index is 1.52. The van der Waals surface area contributed by atoms with Crippen LogP contribution in [-0.2, 0) is 9.47 Å². The van der Waals surface area contributed by atoms with Crippen molar-refractivity contribution in [2.75, 3.05) is 46.4 Å². The van der Waals surface area contributed by atoms with Crippen LogP contribution in [0.15, 0.2) is 0 Å². The minimum Gasteiger partial charge on any atom is -0.380 e. The second-order valence-electron chi connectivity index (χ2n) is 5.47. The Bertz CT molecular complexity index is 220. The molecule has 4 nitrogen and oxygen atoms in total. The highest BCUT2D eigenvalue weighted by atomic mass is 16.5. The van der Waals surface area contributed by atoms with Crippen LogP contribution in [0.25, 0.3) is 0 Å². The molecular weight excluding hydrogens is 228 g/mol. The van der Waals surface area contributed by atoms with Gasteiger partial charge in [-0.15, -0.1) is 0 Å². The molecule has 18 heavy (non-hydrogen) atoms. The number of rotatable bonds is 6. The van der Waals surface area contributed by atoms with E-state index in [1.165, 1.54) is 32.2 Å². The van der Waals surface area contributed by atoms with Crippen LogP contribution in [0.1, 0.15) is 32.1 Å². The molecule has 0 aliphatic carbocycles. The number of piperidine rings is 2. The van der Waals surface area contributed by atoms with Gasteiger partial charge in [-0.3, -0.25) is 0 Å². The molecular formula is C14H28N2O2. The second-order valence-corrected chi connectivity index (χ2v) is 5.47. The molecule has 0 spiro atoms. The van der Waals surface area contributed by atoms with Gasteiger partial charge in [-0.1, -0.05) is 0 Å². The van der Waals surface area contributed by atoms with E-state index in [2.05, 4.69) is 10.2 Å². The van der Waals surface area contributed by atoms with E-state index < -0.39 is 0 Å². The Hall–Kier alpha value is -0.160. The zero-order chi connectivity index (χ0) is 12.6. The van der Waals surface area contributed by atoms with Crippen LogP contribution < -0.4 is 5.32 Å². The number of hydrogen-bond acceptors (Lipinski definition) is 4. The van der Waals surface area contributed by atoms with Crippen LogP contribution in [0.5, 0.6) is 0 Å². The lowest BCUT2D eigenvalue weighted by atomic mass is 10.1. The summed E-state index contributed by atoms with van der Waals surface area (Å²) in [6.45, 7) is 6.64. The van der Waals surface area contributed by atoms with Gasteiger partial charge < -0.3 is 19.7 Å². The topological polar surface area (TPSA) is 33.7 Å². The summed E-state index contributed by atoms with van der Waals surface area (Å²) < 4.78 is 11.4. The van der Waals surface area contributed by atoms with Gasteiger partial charge in [0.25, 0.3) is 0 Å². The van der Waals surface area contributed by atoms with Gasteiger partial charge in [-0.25, -0.2) is 0 Å². The first kappa shape index (κ1) is 14.3. The maximum absolute atomic E-state index is 5.93. The van der Waals surface area contributed by atoms with Gasteiger partial charge in [-0.2, -0.15) is 0 Å². The summed E-state index contributed by atoms with van der Waals surface area (Å²) in [4.78, 5) is 2.52. The van der Waals surface area contributed by atoms with E-state index in [1.807, 2.05) is 7.11 Å². The fourth-order valence-corrected chi connectivity index (χ4v) is 2.91. The van der Waals surface area contributed by atoms with Crippen LogP contribution in [0.4, 0.5) is 0 Å². The summed E-state index contributed by atoms with van der Waals surface area (Å²) in [7, 11) is 1.83. The van der Waals surface area contributed by atoms with Crippen molar-refractivity contribution >= 4 is 0 Å². The number of nitrogens with zero attached hydrogens (tertiary/aromatic N) is 1. The van der Waals surface area contributed by atoms with Crippen LogP contribution in [0.3, 0.4) is 0 Å². The van der Waals surface area contributed by atoms with Gasteiger partial charge in [-0.05, 0) is 51.7 Å². The molecule has 1 atom stereocenters. The van der Waals surface area contributed by atoms with E-state index in [9.17, 15) is 0 Å². The van der Waals surface area contributed by atoms with E-state index >= 15 is 0 Å². The van der Waals surface area contributed by atoms with Crippen molar-refractivity contribution in [2.24, 2.45) is 0 Å². The predicted octanol–water partition coefficient (Wildman–Crippen LogP) is 1.26. The van der Waals surface area contributed by atoms with Crippen molar-refractivity contribution < 1.29 is 9.47 Å². The van der Waals surface area contributed by atoms with Crippen molar-refractivity contribution in [2.45, 2.75) is 44.3 Å². The molecule has 2 fully saturated rings. The minimum atomic E-state index is 0.448. The van der Waals surface area contributed by atoms with Crippen molar-refractivity contribution in [3.8, 4) is 0 Å². The fourth-order valence-electron chi connectivity index (χ4n) is 2.91. The van der Waals surface area contributed by atoms with Gasteiger partial charge in [0.05, 0.1) is 12.2 Å². The van der Waals surface area contributed by atoms with Crippen molar-refractivity contribution in [3.05, 3.63) is 0 Å². The standard InChI is InChI=1S/C14H28N2O2/c1-17-14-4-2-9-16(12-14)10-3-11-18-13-5-7-15-8-6-13/h13-15H,2-12H2,1H3. The van der Waals surface area contributed by atoms with Crippen LogP contribution in [0, 0.1) is 0 Å². The number of likely N-dealkylation sites (tertiary alicyclic amines) is 1. The third kappa shape index (κ3) is 4.84. The van der Waals surface area contributed by atoms with Gasteiger partial charge in [0.1, 0.15) is 0 Å². The highest BCUT2D eigenvalue weighted by Gasteiger charge is 2.19. The zero-order valence-electron chi connectivity index (χ0n) is 11.7. The second kappa shape index (κ2) is 8.10.